The van der Waals surface area contributed by atoms with Crippen molar-refractivity contribution in [2.45, 2.75) is 13.3 Å². The van der Waals surface area contributed by atoms with Crippen LogP contribution in [0.4, 0.5) is 5.82 Å². The summed E-state index contributed by atoms with van der Waals surface area (Å²) < 4.78 is 12.5. The Kier molecular flexibility index (Phi) is 7.10. The first-order chi connectivity index (χ1) is 14.1. The largest absolute Gasteiger partial charge is 0.374 e. The van der Waals surface area contributed by atoms with Gasteiger partial charge in [0.1, 0.15) is 6.73 Å². The normalized spacial score (nSPS) is 10.6. The number of imidazole rings is 1. The molecule has 0 fully saturated rings. The number of anilines is 1. The van der Waals surface area contributed by atoms with Crippen LogP contribution in [0, 0.1) is 0 Å². The highest BCUT2D eigenvalue weighted by Crippen LogP contribution is 2.15. The third kappa shape index (κ3) is 5.74. The lowest BCUT2D eigenvalue weighted by molar-refractivity contribution is 0.0129. The molecule has 29 heavy (non-hydrogen) atoms. The van der Waals surface area contributed by atoms with E-state index >= 15 is 0 Å². The molecule has 0 unspecified atom stereocenters. The number of carbonyl (C=O) groups excluding carboxylic acids is 2. The molecule has 0 bridgehead atoms. The minimum Gasteiger partial charge on any atom is -0.374 e. The lowest BCUT2D eigenvalue weighted by atomic mass is 10.2. The van der Waals surface area contributed by atoms with Gasteiger partial charge in [-0.3, -0.25) is 9.59 Å². The summed E-state index contributed by atoms with van der Waals surface area (Å²) in [7, 11) is 0. The fourth-order valence-electron chi connectivity index (χ4n) is 2.64. The first-order valence-corrected chi connectivity index (χ1v) is 9.06. The zero-order valence-corrected chi connectivity index (χ0v) is 15.8. The molecule has 3 N–H and O–H groups in total. The summed E-state index contributed by atoms with van der Waals surface area (Å²) in [5.74, 6) is -1.00. The molecule has 3 aromatic rings. The highest BCUT2D eigenvalue weighted by molar-refractivity contribution is 6.07. The molecular formula is C21H22N4O4. The van der Waals surface area contributed by atoms with Crippen molar-refractivity contribution >= 4 is 17.6 Å². The molecule has 0 saturated heterocycles. The molecule has 8 nitrogen and oxygen atoms in total. The molecule has 3 rings (SSSR count). The van der Waals surface area contributed by atoms with Crippen molar-refractivity contribution in [3.8, 4) is 0 Å². The number of ether oxygens (including phenoxy) is 2. The fourth-order valence-corrected chi connectivity index (χ4v) is 2.64. The Bertz CT molecular complexity index is 942. The van der Waals surface area contributed by atoms with Crippen LogP contribution >= 0.6 is 0 Å². The minimum atomic E-state index is -0.713. The predicted octanol–water partition coefficient (Wildman–Crippen LogP) is 2.43. The zero-order chi connectivity index (χ0) is 20.5. The standard InChI is InChI=1S/C21H22N4O4/c22-19(26)18-20(24-21(27)17-9-5-2-6-10-17)23-14-25(18)15-29-12-11-28-13-16-7-3-1-4-8-16/h1-10,14H,11-13,15H2,(H2,22,26)(H,24,27). The van der Waals surface area contributed by atoms with Gasteiger partial charge < -0.3 is 25.1 Å². The Balaban J connectivity index is 1.50. The predicted molar refractivity (Wildman–Crippen MR) is 107 cm³/mol. The van der Waals surface area contributed by atoms with Crippen molar-refractivity contribution in [2.24, 2.45) is 5.73 Å². The second kappa shape index (κ2) is 10.2. The first-order valence-electron chi connectivity index (χ1n) is 9.06. The summed E-state index contributed by atoms with van der Waals surface area (Å²) in [6.07, 6.45) is 1.39. The first kappa shape index (κ1) is 20.2. The Labute approximate surface area is 168 Å². The van der Waals surface area contributed by atoms with Crippen LogP contribution in [-0.2, 0) is 22.8 Å². The van der Waals surface area contributed by atoms with Crippen LogP contribution in [0.5, 0.6) is 0 Å². The average molecular weight is 394 g/mol. The van der Waals surface area contributed by atoms with Gasteiger partial charge in [-0.25, -0.2) is 4.98 Å². The molecule has 0 aliphatic carbocycles. The average Bonchev–Trinajstić information content (AvgIpc) is 3.14. The van der Waals surface area contributed by atoms with E-state index in [1.54, 1.807) is 30.3 Å². The van der Waals surface area contributed by atoms with Crippen LogP contribution in [0.1, 0.15) is 26.4 Å². The number of benzene rings is 2. The van der Waals surface area contributed by atoms with E-state index in [2.05, 4.69) is 10.3 Å². The number of nitrogens with two attached hydrogens (primary N) is 1. The Morgan fingerprint density at radius 1 is 0.966 bits per heavy atom. The summed E-state index contributed by atoms with van der Waals surface area (Å²) in [5.41, 5.74) is 7.06. The van der Waals surface area contributed by atoms with Crippen molar-refractivity contribution < 1.29 is 19.1 Å². The smallest absolute Gasteiger partial charge is 0.269 e. The Hall–Kier alpha value is -3.49. The van der Waals surface area contributed by atoms with Crippen molar-refractivity contribution in [2.75, 3.05) is 18.5 Å². The summed E-state index contributed by atoms with van der Waals surface area (Å²) in [4.78, 5) is 28.2. The molecule has 150 valence electrons. The molecule has 0 spiro atoms. The monoisotopic (exact) mass is 394 g/mol. The molecular weight excluding hydrogens is 372 g/mol. The number of carbonyl (C=O) groups is 2. The van der Waals surface area contributed by atoms with Gasteiger partial charge in [0.2, 0.25) is 0 Å². The molecule has 0 aliphatic rings. The lowest BCUT2D eigenvalue weighted by Crippen LogP contribution is -2.22. The number of hydrogen-bond donors (Lipinski definition) is 2. The van der Waals surface area contributed by atoms with Crippen molar-refractivity contribution in [1.82, 2.24) is 9.55 Å². The van der Waals surface area contributed by atoms with Gasteiger partial charge in [-0.05, 0) is 17.7 Å². The molecule has 2 amide bonds. The summed E-state index contributed by atoms with van der Waals surface area (Å²) in [5, 5.41) is 2.61. The molecule has 1 aromatic heterocycles. The third-order valence-electron chi connectivity index (χ3n) is 4.05. The van der Waals surface area contributed by atoms with E-state index in [9.17, 15) is 9.59 Å². The molecule has 0 saturated carbocycles. The lowest BCUT2D eigenvalue weighted by Gasteiger charge is -2.09. The third-order valence-corrected chi connectivity index (χ3v) is 4.05. The van der Waals surface area contributed by atoms with Crippen molar-refractivity contribution in [3.63, 3.8) is 0 Å². The Morgan fingerprint density at radius 3 is 2.31 bits per heavy atom. The SMILES string of the molecule is NC(=O)c1c(NC(=O)c2ccccc2)ncn1COCCOCc1ccccc1. The highest BCUT2D eigenvalue weighted by atomic mass is 16.5. The number of nitrogens with one attached hydrogen (secondary N) is 1. The van der Waals surface area contributed by atoms with Gasteiger partial charge in [0.25, 0.3) is 11.8 Å². The summed E-state index contributed by atoms with van der Waals surface area (Å²) in [6.45, 7) is 1.28. The number of rotatable bonds is 10. The summed E-state index contributed by atoms with van der Waals surface area (Å²) >= 11 is 0. The van der Waals surface area contributed by atoms with Crippen LogP contribution in [-0.4, -0.2) is 34.6 Å². The highest BCUT2D eigenvalue weighted by Gasteiger charge is 2.18. The molecule has 0 radical (unpaired) electrons. The zero-order valence-electron chi connectivity index (χ0n) is 15.8. The molecule has 0 aliphatic heterocycles. The van der Waals surface area contributed by atoms with Crippen LogP contribution < -0.4 is 11.1 Å². The van der Waals surface area contributed by atoms with E-state index in [-0.39, 0.29) is 24.1 Å². The van der Waals surface area contributed by atoms with Crippen molar-refractivity contribution in [1.29, 1.82) is 0 Å². The van der Waals surface area contributed by atoms with Gasteiger partial charge in [0.05, 0.1) is 26.1 Å². The van der Waals surface area contributed by atoms with Crippen LogP contribution in [0.15, 0.2) is 67.0 Å². The van der Waals surface area contributed by atoms with E-state index in [1.807, 2.05) is 30.3 Å². The van der Waals surface area contributed by atoms with Crippen LogP contribution in [0.2, 0.25) is 0 Å². The number of hydrogen-bond acceptors (Lipinski definition) is 5. The quantitative estimate of drug-likeness (QED) is 0.514. The topological polar surface area (TPSA) is 108 Å². The van der Waals surface area contributed by atoms with E-state index in [0.29, 0.717) is 25.4 Å². The van der Waals surface area contributed by atoms with Gasteiger partial charge >= 0.3 is 0 Å². The van der Waals surface area contributed by atoms with Gasteiger partial charge in [-0.15, -0.1) is 0 Å². The summed E-state index contributed by atoms with van der Waals surface area (Å²) in [6, 6.07) is 18.4. The van der Waals surface area contributed by atoms with E-state index in [0.717, 1.165) is 5.56 Å². The maximum atomic E-state index is 12.3. The van der Waals surface area contributed by atoms with E-state index in [4.69, 9.17) is 15.2 Å². The Morgan fingerprint density at radius 2 is 1.62 bits per heavy atom. The van der Waals surface area contributed by atoms with E-state index < -0.39 is 5.91 Å². The molecule has 1 heterocycles. The van der Waals surface area contributed by atoms with Gasteiger partial charge in [-0.1, -0.05) is 48.5 Å². The number of aromatic nitrogens is 2. The molecule has 0 atom stereocenters. The van der Waals surface area contributed by atoms with Gasteiger partial charge in [0, 0.05) is 5.56 Å². The second-order valence-corrected chi connectivity index (χ2v) is 6.17. The maximum Gasteiger partial charge on any atom is 0.269 e. The number of primary amides is 1. The second-order valence-electron chi connectivity index (χ2n) is 6.17. The van der Waals surface area contributed by atoms with Gasteiger partial charge in [0.15, 0.2) is 11.5 Å². The number of nitrogens with zero attached hydrogens (tertiary/aromatic N) is 2. The van der Waals surface area contributed by atoms with Gasteiger partial charge in [-0.2, -0.15) is 0 Å². The number of amides is 2. The maximum absolute atomic E-state index is 12.3. The molecule has 8 heteroatoms. The molecule has 2 aromatic carbocycles. The minimum absolute atomic E-state index is 0.0567. The van der Waals surface area contributed by atoms with Crippen molar-refractivity contribution in [3.05, 3.63) is 83.8 Å². The van der Waals surface area contributed by atoms with Crippen LogP contribution in [0.25, 0.3) is 0 Å². The van der Waals surface area contributed by atoms with Crippen LogP contribution in [0.3, 0.4) is 0 Å². The fraction of sp³-hybridized carbons (Fsp3) is 0.190. The van der Waals surface area contributed by atoms with E-state index in [1.165, 1.54) is 10.9 Å².